The second-order valence-corrected chi connectivity index (χ2v) is 6.87. The van der Waals surface area contributed by atoms with Crippen LogP contribution in [0.5, 0.6) is 0 Å². The molecular weight excluding hydrogens is 244 g/mol. The Bertz CT molecular complexity index is 277. The maximum absolute atomic E-state index is 4.69. The van der Waals surface area contributed by atoms with Gasteiger partial charge in [0.15, 0.2) is 0 Å². The molecule has 0 aliphatic heterocycles. The van der Waals surface area contributed by atoms with Crippen LogP contribution in [0.1, 0.15) is 78.1 Å². The minimum atomic E-state index is 0.478. The quantitative estimate of drug-likeness (QED) is 0.627. The molecule has 0 N–H and O–H groups in total. The molecule has 2 aliphatic carbocycles. The van der Waals surface area contributed by atoms with E-state index in [1.807, 2.05) is 12.4 Å². The summed E-state index contributed by atoms with van der Waals surface area (Å²) in [4.78, 5) is 9.38. The fourth-order valence-electron chi connectivity index (χ4n) is 3.83. The number of rotatable bonds is 5. The molecule has 0 heterocycles. The van der Waals surface area contributed by atoms with Crippen LogP contribution < -0.4 is 0 Å². The Balaban J connectivity index is 1.72. The summed E-state index contributed by atoms with van der Waals surface area (Å²) in [6.07, 6.45) is 17.8. The molecule has 2 atom stereocenters. The third kappa shape index (κ3) is 5.03. The van der Waals surface area contributed by atoms with Crippen molar-refractivity contribution in [3.05, 3.63) is 0 Å². The van der Waals surface area contributed by atoms with Gasteiger partial charge in [-0.3, -0.25) is 9.98 Å². The SMILES string of the molecule is C[C@@H](N=CC=N[C@H](C)C1CCCCC1)C1CCCCC1. The molecule has 0 bridgehead atoms. The lowest BCUT2D eigenvalue weighted by Crippen LogP contribution is -2.19. The van der Waals surface area contributed by atoms with Crippen LogP contribution in [-0.2, 0) is 0 Å². The minimum Gasteiger partial charge on any atom is -0.288 e. The molecule has 20 heavy (non-hydrogen) atoms. The highest BCUT2D eigenvalue weighted by Gasteiger charge is 2.19. The molecule has 0 aromatic rings. The molecule has 0 spiro atoms. The summed E-state index contributed by atoms with van der Waals surface area (Å²) in [5.74, 6) is 1.62. The summed E-state index contributed by atoms with van der Waals surface area (Å²) in [7, 11) is 0. The van der Waals surface area contributed by atoms with E-state index in [1.54, 1.807) is 0 Å². The molecule has 2 rings (SSSR count). The number of hydrogen-bond donors (Lipinski definition) is 0. The van der Waals surface area contributed by atoms with Crippen molar-refractivity contribution in [3.63, 3.8) is 0 Å². The number of hydrogen-bond acceptors (Lipinski definition) is 2. The topological polar surface area (TPSA) is 24.7 Å². The first-order valence-corrected chi connectivity index (χ1v) is 8.82. The lowest BCUT2D eigenvalue weighted by molar-refractivity contribution is 0.317. The van der Waals surface area contributed by atoms with Gasteiger partial charge >= 0.3 is 0 Å². The van der Waals surface area contributed by atoms with Gasteiger partial charge in [-0.15, -0.1) is 0 Å². The first-order valence-electron chi connectivity index (χ1n) is 8.82. The van der Waals surface area contributed by atoms with Crippen LogP contribution in [0.3, 0.4) is 0 Å². The van der Waals surface area contributed by atoms with Gasteiger partial charge in [0.25, 0.3) is 0 Å². The summed E-state index contributed by atoms with van der Waals surface area (Å²) in [5.41, 5.74) is 0. The van der Waals surface area contributed by atoms with Crippen LogP contribution in [0.15, 0.2) is 9.98 Å². The maximum Gasteiger partial charge on any atom is 0.0500 e. The van der Waals surface area contributed by atoms with Gasteiger partial charge in [0, 0.05) is 24.5 Å². The molecule has 114 valence electrons. The van der Waals surface area contributed by atoms with E-state index in [9.17, 15) is 0 Å². The molecule has 2 saturated carbocycles. The van der Waals surface area contributed by atoms with Crippen molar-refractivity contribution >= 4 is 12.4 Å². The molecular formula is C18H32N2. The molecule has 0 radical (unpaired) electrons. The Hall–Kier alpha value is -0.660. The predicted octanol–water partition coefficient (Wildman–Crippen LogP) is 5.07. The third-order valence-electron chi connectivity index (χ3n) is 5.37. The lowest BCUT2D eigenvalue weighted by Gasteiger charge is -2.25. The van der Waals surface area contributed by atoms with E-state index in [0.717, 1.165) is 11.8 Å². The van der Waals surface area contributed by atoms with Crippen LogP contribution in [0.25, 0.3) is 0 Å². The van der Waals surface area contributed by atoms with Gasteiger partial charge in [-0.2, -0.15) is 0 Å². The maximum atomic E-state index is 4.69. The van der Waals surface area contributed by atoms with E-state index in [2.05, 4.69) is 13.8 Å². The van der Waals surface area contributed by atoms with E-state index in [1.165, 1.54) is 64.2 Å². The standard InChI is InChI=1S/C18H32N2/c1-15(17-9-5-3-6-10-17)19-13-14-20-16(2)18-11-7-4-8-12-18/h13-18H,3-12H2,1-2H3/t15-,16-/m1/s1. The van der Waals surface area contributed by atoms with Gasteiger partial charge in [0.1, 0.15) is 0 Å². The fraction of sp³-hybridized carbons (Fsp3) is 0.889. The monoisotopic (exact) mass is 276 g/mol. The molecule has 0 amide bonds. The summed E-state index contributed by atoms with van der Waals surface area (Å²) in [5, 5.41) is 0. The molecule has 2 nitrogen and oxygen atoms in total. The summed E-state index contributed by atoms with van der Waals surface area (Å²) in [6, 6.07) is 0.957. The summed E-state index contributed by atoms with van der Waals surface area (Å²) in [6.45, 7) is 4.54. The van der Waals surface area contributed by atoms with Gasteiger partial charge in [-0.05, 0) is 51.4 Å². The molecule has 0 unspecified atom stereocenters. The van der Waals surface area contributed by atoms with Crippen LogP contribution in [-0.4, -0.2) is 24.5 Å². The van der Waals surface area contributed by atoms with Crippen molar-refractivity contribution in [3.8, 4) is 0 Å². The molecule has 2 fully saturated rings. The predicted molar refractivity (Wildman–Crippen MR) is 89.1 cm³/mol. The largest absolute Gasteiger partial charge is 0.288 e. The highest BCUT2D eigenvalue weighted by Crippen LogP contribution is 2.28. The van der Waals surface area contributed by atoms with Crippen LogP contribution in [0.2, 0.25) is 0 Å². The van der Waals surface area contributed by atoms with Crippen molar-refractivity contribution in [2.75, 3.05) is 0 Å². The Morgan fingerprint density at radius 1 is 0.650 bits per heavy atom. The van der Waals surface area contributed by atoms with Crippen LogP contribution in [0, 0.1) is 11.8 Å². The second-order valence-electron chi connectivity index (χ2n) is 6.87. The van der Waals surface area contributed by atoms with Gasteiger partial charge in [-0.25, -0.2) is 0 Å². The normalized spacial score (nSPS) is 26.3. The minimum absolute atomic E-state index is 0.478. The Labute approximate surface area is 125 Å². The molecule has 0 aromatic carbocycles. The van der Waals surface area contributed by atoms with E-state index < -0.39 is 0 Å². The van der Waals surface area contributed by atoms with Gasteiger partial charge in [-0.1, -0.05) is 38.5 Å². The zero-order valence-corrected chi connectivity index (χ0v) is 13.4. The Morgan fingerprint density at radius 3 is 1.35 bits per heavy atom. The summed E-state index contributed by atoms with van der Waals surface area (Å²) < 4.78 is 0. The smallest absolute Gasteiger partial charge is 0.0500 e. The van der Waals surface area contributed by atoms with E-state index in [4.69, 9.17) is 9.98 Å². The molecule has 2 heteroatoms. The van der Waals surface area contributed by atoms with Gasteiger partial charge in [0.2, 0.25) is 0 Å². The first kappa shape index (κ1) is 15.7. The first-order chi connectivity index (χ1) is 9.77. The highest BCUT2D eigenvalue weighted by molar-refractivity contribution is 6.16. The molecule has 0 aromatic heterocycles. The third-order valence-corrected chi connectivity index (χ3v) is 5.37. The van der Waals surface area contributed by atoms with E-state index in [-0.39, 0.29) is 0 Å². The lowest BCUT2D eigenvalue weighted by atomic mass is 9.85. The average Bonchev–Trinajstić information content (AvgIpc) is 2.53. The zero-order chi connectivity index (χ0) is 14.2. The van der Waals surface area contributed by atoms with Gasteiger partial charge < -0.3 is 0 Å². The fourth-order valence-corrected chi connectivity index (χ4v) is 3.83. The highest BCUT2D eigenvalue weighted by atomic mass is 14.8. The summed E-state index contributed by atoms with van der Waals surface area (Å²) >= 11 is 0. The van der Waals surface area contributed by atoms with Crippen molar-refractivity contribution in [1.82, 2.24) is 0 Å². The molecule has 2 aliphatic rings. The Morgan fingerprint density at radius 2 is 1.00 bits per heavy atom. The van der Waals surface area contributed by atoms with Crippen molar-refractivity contribution in [2.24, 2.45) is 21.8 Å². The number of aliphatic imine (C=N–C) groups is 2. The molecule has 0 saturated heterocycles. The average molecular weight is 276 g/mol. The van der Waals surface area contributed by atoms with Crippen molar-refractivity contribution in [1.29, 1.82) is 0 Å². The Kier molecular flexibility index (Phi) is 6.75. The van der Waals surface area contributed by atoms with Crippen molar-refractivity contribution < 1.29 is 0 Å². The van der Waals surface area contributed by atoms with Crippen LogP contribution >= 0.6 is 0 Å². The number of nitrogens with zero attached hydrogens (tertiary/aromatic N) is 2. The zero-order valence-electron chi connectivity index (χ0n) is 13.4. The van der Waals surface area contributed by atoms with E-state index >= 15 is 0 Å². The van der Waals surface area contributed by atoms with E-state index in [0.29, 0.717) is 12.1 Å². The van der Waals surface area contributed by atoms with Crippen LogP contribution in [0.4, 0.5) is 0 Å². The van der Waals surface area contributed by atoms with Gasteiger partial charge in [0.05, 0.1) is 0 Å². The second kappa shape index (κ2) is 8.59. The van der Waals surface area contributed by atoms with Crippen molar-refractivity contribution in [2.45, 2.75) is 90.1 Å².